The van der Waals surface area contributed by atoms with Crippen LogP contribution in [0.3, 0.4) is 0 Å². The highest BCUT2D eigenvalue weighted by atomic mass is 79.9. The molecule has 1 heterocycles. The van der Waals surface area contributed by atoms with Gasteiger partial charge in [0, 0.05) is 15.9 Å². The third-order valence-corrected chi connectivity index (χ3v) is 4.68. The Morgan fingerprint density at radius 1 is 1.40 bits per heavy atom. The highest BCUT2D eigenvalue weighted by Crippen LogP contribution is 2.25. The Labute approximate surface area is 134 Å². The molecular weight excluding hydrogens is 365 g/mol. The summed E-state index contributed by atoms with van der Waals surface area (Å²) >= 11 is 10.6. The van der Waals surface area contributed by atoms with Gasteiger partial charge in [0.1, 0.15) is 5.82 Å². The smallest absolute Gasteiger partial charge is 0.255 e. The number of amides is 1. The molecule has 0 spiro atoms. The second-order valence-electron chi connectivity index (χ2n) is 4.15. The molecule has 0 aliphatic heterocycles. The summed E-state index contributed by atoms with van der Waals surface area (Å²) in [4.78, 5) is 15.2. The normalized spacial score (nSPS) is 10.6. The van der Waals surface area contributed by atoms with Crippen molar-refractivity contribution in [1.82, 2.24) is 4.90 Å². The number of hydrogen-bond acceptors (Lipinski definition) is 2. The molecule has 0 unspecified atom stereocenters. The molecule has 0 atom stereocenters. The van der Waals surface area contributed by atoms with Crippen LogP contribution in [0, 0.1) is 5.82 Å². The van der Waals surface area contributed by atoms with E-state index < -0.39 is 0 Å². The fraction of sp³-hybridized carbons (Fsp3) is 0.214. The molecule has 2 nitrogen and oxygen atoms in total. The van der Waals surface area contributed by atoms with Crippen molar-refractivity contribution in [3.8, 4) is 0 Å². The van der Waals surface area contributed by atoms with Gasteiger partial charge >= 0.3 is 0 Å². The molecule has 2 rings (SSSR count). The molecule has 0 radical (unpaired) electrons. The van der Waals surface area contributed by atoms with E-state index in [0.29, 0.717) is 27.5 Å². The van der Waals surface area contributed by atoms with Crippen LogP contribution in [0.25, 0.3) is 0 Å². The largest absolute Gasteiger partial charge is 0.334 e. The second kappa shape index (κ2) is 6.70. The summed E-state index contributed by atoms with van der Waals surface area (Å²) in [6.07, 6.45) is 0. The summed E-state index contributed by atoms with van der Waals surface area (Å²) in [7, 11) is 0. The highest BCUT2D eigenvalue weighted by Gasteiger charge is 2.18. The molecule has 0 N–H and O–H groups in total. The number of thiophene rings is 1. The molecule has 0 fully saturated rings. The maximum Gasteiger partial charge on any atom is 0.255 e. The summed E-state index contributed by atoms with van der Waals surface area (Å²) in [6.45, 7) is 2.97. The van der Waals surface area contributed by atoms with E-state index in [-0.39, 0.29) is 11.7 Å². The SMILES string of the molecule is CCN(Cc1ccc(Cl)s1)C(=O)c1ccc(F)cc1Br. The standard InChI is InChI=1S/C14H12BrClFNOS/c1-2-18(8-10-4-6-13(16)20-10)14(19)11-5-3-9(17)7-12(11)15/h3-7H,2,8H2,1H3. The van der Waals surface area contributed by atoms with Crippen LogP contribution in [0.4, 0.5) is 4.39 Å². The predicted octanol–water partition coefficient (Wildman–Crippen LogP) is 4.97. The van der Waals surface area contributed by atoms with Crippen LogP contribution in [0.1, 0.15) is 22.2 Å². The summed E-state index contributed by atoms with van der Waals surface area (Å²) in [5, 5.41) is 0. The van der Waals surface area contributed by atoms with Gasteiger partial charge in [-0.1, -0.05) is 11.6 Å². The number of hydrogen-bond donors (Lipinski definition) is 0. The summed E-state index contributed by atoms with van der Waals surface area (Å²) in [5.74, 6) is -0.509. The number of carbonyl (C=O) groups excluding carboxylic acids is 1. The van der Waals surface area contributed by atoms with Crippen LogP contribution in [0.5, 0.6) is 0 Å². The fourth-order valence-electron chi connectivity index (χ4n) is 1.79. The van der Waals surface area contributed by atoms with Crippen LogP contribution >= 0.6 is 38.9 Å². The third kappa shape index (κ3) is 3.59. The van der Waals surface area contributed by atoms with E-state index in [1.54, 1.807) is 4.90 Å². The zero-order valence-corrected chi connectivity index (χ0v) is 13.9. The molecule has 0 saturated carbocycles. The van der Waals surface area contributed by atoms with Crippen molar-refractivity contribution < 1.29 is 9.18 Å². The first-order chi connectivity index (χ1) is 9.51. The summed E-state index contributed by atoms with van der Waals surface area (Å²) in [6, 6.07) is 7.79. The molecule has 1 aromatic carbocycles. The van der Waals surface area contributed by atoms with Crippen LogP contribution in [0.15, 0.2) is 34.8 Å². The van der Waals surface area contributed by atoms with Crippen molar-refractivity contribution in [2.45, 2.75) is 13.5 Å². The van der Waals surface area contributed by atoms with Crippen LogP contribution in [-0.2, 0) is 6.54 Å². The molecule has 1 aromatic heterocycles. The molecule has 0 bridgehead atoms. The first kappa shape index (κ1) is 15.5. The molecule has 0 saturated heterocycles. The van der Waals surface area contributed by atoms with Gasteiger partial charge in [-0.3, -0.25) is 4.79 Å². The van der Waals surface area contributed by atoms with Gasteiger partial charge in [-0.25, -0.2) is 4.39 Å². The van der Waals surface area contributed by atoms with E-state index in [1.807, 2.05) is 19.1 Å². The van der Waals surface area contributed by atoms with Gasteiger partial charge in [-0.15, -0.1) is 11.3 Å². The van der Waals surface area contributed by atoms with Gasteiger partial charge in [0.2, 0.25) is 0 Å². The van der Waals surface area contributed by atoms with Gasteiger partial charge in [0.15, 0.2) is 0 Å². The lowest BCUT2D eigenvalue weighted by Crippen LogP contribution is -2.30. The van der Waals surface area contributed by atoms with Crippen molar-refractivity contribution in [3.05, 3.63) is 55.4 Å². The van der Waals surface area contributed by atoms with Crippen LogP contribution in [0.2, 0.25) is 4.34 Å². The minimum Gasteiger partial charge on any atom is -0.334 e. The third-order valence-electron chi connectivity index (χ3n) is 2.81. The lowest BCUT2D eigenvalue weighted by molar-refractivity contribution is 0.0753. The topological polar surface area (TPSA) is 20.3 Å². The van der Waals surface area contributed by atoms with Gasteiger partial charge < -0.3 is 4.90 Å². The summed E-state index contributed by atoms with van der Waals surface area (Å²) < 4.78 is 14.2. The zero-order chi connectivity index (χ0) is 14.7. The average molecular weight is 377 g/mol. The zero-order valence-electron chi connectivity index (χ0n) is 10.7. The van der Waals surface area contributed by atoms with E-state index in [2.05, 4.69) is 15.9 Å². The van der Waals surface area contributed by atoms with Crippen molar-refractivity contribution >= 4 is 44.8 Å². The Morgan fingerprint density at radius 2 is 2.15 bits per heavy atom. The second-order valence-corrected chi connectivity index (χ2v) is 6.80. The van der Waals surface area contributed by atoms with Crippen LogP contribution in [-0.4, -0.2) is 17.4 Å². The molecular formula is C14H12BrClFNOS. The fourth-order valence-corrected chi connectivity index (χ4v) is 3.41. The van der Waals surface area contributed by atoms with E-state index >= 15 is 0 Å². The monoisotopic (exact) mass is 375 g/mol. The minimum absolute atomic E-state index is 0.135. The lowest BCUT2D eigenvalue weighted by atomic mass is 10.2. The quantitative estimate of drug-likeness (QED) is 0.738. The predicted molar refractivity (Wildman–Crippen MR) is 83.8 cm³/mol. The van der Waals surface area contributed by atoms with E-state index in [1.165, 1.54) is 29.5 Å². The molecule has 6 heteroatoms. The van der Waals surface area contributed by atoms with Gasteiger partial charge in [-0.05, 0) is 53.2 Å². The maximum absolute atomic E-state index is 13.1. The minimum atomic E-state index is -0.374. The Kier molecular flexibility index (Phi) is 5.18. The molecule has 106 valence electrons. The van der Waals surface area contributed by atoms with E-state index in [0.717, 1.165) is 4.88 Å². The van der Waals surface area contributed by atoms with E-state index in [9.17, 15) is 9.18 Å². The average Bonchev–Trinajstić information content (AvgIpc) is 2.81. The number of rotatable bonds is 4. The molecule has 0 aliphatic carbocycles. The number of carbonyl (C=O) groups is 1. The Balaban J connectivity index is 2.20. The number of benzene rings is 1. The van der Waals surface area contributed by atoms with Gasteiger partial charge in [0.05, 0.1) is 16.4 Å². The number of nitrogens with zero attached hydrogens (tertiary/aromatic N) is 1. The first-order valence-corrected chi connectivity index (χ1v) is 7.98. The first-order valence-electron chi connectivity index (χ1n) is 5.99. The molecule has 20 heavy (non-hydrogen) atoms. The van der Waals surface area contributed by atoms with Crippen molar-refractivity contribution in [2.75, 3.05) is 6.54 Å². The van der Waals surface area contributed by atoms with Crippen molar-refractivity contribution in [3.63, 3.8) is 0 Å². The van der Waals surface area contributed by atoms with Gasteiger partial charge in [-0.2, -0.15) is 0 Å². The Bertz CT molecular complexity index is 631. The molecule has 2 aromatic rings. The van der Waals surface area contributed by atoms with Gasteiger partial charge in [0.25, 0.3) is 5.91 Å². The van der Waals surface area contributed by atoms with E-state index in [4.69, 9.17) is 11.6 Å². The maximum atomic E-state index is 13.1. The van der Waals surface area contributed by atoms with Crippen molar-refractivity contribution in [2.24, 2.45) is 0 Å². The summed E-state index contributed by atoms with van der Waals surface area (Å²) in [5.41, 5.74) is 0.455. The lowest BCUT2D eigenvalue weighted by Gasteiger charge is -2.20. The molecule has 0 aliphatic rings. The Morgan fingerprint density at radius 3 is 2.70 bits per heavy atom. The number of halogens is 3. The Hall–Kier alpha value is -0.910. The molecule has 1 amide bonds. The highest BCUT2D eigenvalue weighted by molar-refractivity contribution is 9.10. The van der Waals surface area contributed by atoms with Crippen LogP contribution < -0.4 is 0 Å². The van der Waals surface area contributed by atoms with Crippen molar-refractivity contribution in [1.29, 1.82) is 0 Å².